The molecule has 0 bridgehead atoms. The Hall–Kier alpha value is -2.93. The smallest absolute Gasteiger partial charge is 0.430 e. The van der Waals surface area contributed by atoms with Crippen molar-refractivity contribution in [2.75, 3.05) is 22.7 Å². The average Bonchev–Trinajstić information content (AvgIpc) is 3.41. The number of halogens is 1. The van der Waals surface area contributed by atoms with Gasteiger partial charge in [0.2, 0.25) is 0 Å². The summed E-state index contributed by atoms with van der Waals surface area (Å²) in [4.78, 5) is 30.0. The lowest BCUT2D eigenvalue weighted by Gasteiger charge is -2.26. The third-order valence-electron chi connectivity index (χ3n) is 5.26. The molecule has 1 fully saturated rings. The topological polar surface area (TPSA) is 118 Å². The van der Waals surface area contributed by atoms with Gasteiger partial charge in [0, 0.05) is 35.8 Å². The summed E-state index contributed by atoms with van der Waals surface area (Å²) in [6.07, 6.45) is -1.01. The van der Waals surface area contributed by atoms with E-state index in [1.54, 1.807) is 46.4 Å². The van der Waals surface area contributed by atoms with Gasteiger partial charge >= 0.3 is 12.2 Å². The van der Waals surface area contributed by atoms with E-state index in [0.717, 1.165) is 17.4 Å². The summed E-state index contributed by atoms with van der Waals surface area (Å²) in [5.74, 6) is -1.19. The van der Waals surface area contributed by atoms with Crippen molar-refractivity contribution >= 4 is 45.1 Å². The summed E-state index contributed by atoms with van der Waals surface area (Å²) >= 11 is 1.08. The highest BCUT2D eigenvalue weighted by atomic mass is 32.2. The van der Waals surface area contributed by atoms with E-state index >= 15 is 4.39 Å². The Kier molecular flexibility index (Phi) is 8.08. The number of benzene rings is 1. The summed E-state index contributed by atoms with van der Waals surface area (Å²) < 4.78 is 53.5. The molecule has 1 aliphatic heterocycles. The molecule has 1 N–H and O–H groups in total. The zero-order chi connectivity index (χ0) is 27.8. The van der Waals surface area contributed by atoms with Crippen molar-refractivity contribution in [1.29, 1.82) is 0 Å². The fraction of sp³-hybridized carbons (Fsp3) is 0.542. The molecule has 10 nitrogen and oxygen atoms in total. The lowest BCUT2D eigenvalue weighted by molar-refractivity contribution is 0.0293. The number of anilines is 2. The molecule has 0 aliphatic carbocycles. The summed E-state index contributed by atoms with van der Waals surface area (Å²) in [6, 6.07) is 2.36. The number of hydrogen-bond donors (Lipinski definition) is 1. The molecule has 0 saturated carbocycles. The van der Waals surface area contributed by atoms with Crippen LogP contribution in [0.5, 0.6) is 0 Å². The zero-order valence-electron chi connectivity index (χ0n) is 22.0. The Bertz CT molecular complexity index is 1250. The van der Waals surface area contributed by atoms with Gasteiger partial charge in [0.05, 0.1) is 5.51 Å². The lowest BCUT2D eigenvalue weighted by atomic mass is 10.1. The molecule has 204 valence electrons. The van der Waals surface area contributed by atoms with Crippen molar-refractivity contribution < 1.29 is 31.9 Å². The van der Waals surface area contributed by atoms with Crippen molar-refractivity contribution in [3.63, 3.8) is 0 Å². The molecule has 2 heterocycles. The van der Waals surface area contributed by atoms with E-state index in [9.17, 15) is 18.0 Å². The van der Waals surface area contributed by atoms with Crippen LogP contribution in [0.15, 0.2) is 27.9 Å². The van der Waals surface area contributed by atoms with Gasteiger partial charge in [-0.3, -0.25) is 0 Å². The third-order valence-corrected chi connectivity index (χ3v) is 7.52. The van der Waals surface area contributed by atoms with E-state index in [1.165, 1.54) is 23.9 Å². The Labute approximate surface area is 220 Å². The van der Waals surface area contributed by atoms with Crippen molar-refractivity contribution in [3.05, 3.63) is 34.4 Å². The first-order valence-electron chi connectivity index (χ1n) is 11.7. The highest BCUT2D eigenvalue weighted by Crippen LogP contribution is 2.32. The quantitative estimate of drug-likeness (QED) is 0.538. The number of nitrogens with one attached hydrogen (secondary N) is 1. The second-order valence-electron chi connectivity index (χ2n) is 10.7. The van der Waals surface area contributed by atoms with Crippen LogP contribution in [0.4, 0.5) is 25.5 Å². The Balaban J connectivity index is 1.85. The minimum absolute atomic E-state index is 0.0548. The van der Waals surface area contributed by atoms with E-state index in [0.29, 0.717) is 29.5 Å². The number of likely N-dealkylation sites (tertiary alicyclic amines) is 1. The SMILES string of the molecule is Cc1c(N[C@H]2CCN(C(=O)OC(C)(C)C)C2)ccc(S(=O)(=O)N(C(=O)OC(C)(C)C)c2cscn2)c1F. The molecule has 1 atom stereocenters. The van der Waals surface area contributed by atoms with Gasteiger partial charge in [-0.05, 0) is 67.0 Å². The van der Waals surface area contributed by atoms with Crippen LogP contribution >= 0.6 is 11.3 Å². The first-order chi connectivity index (χ1) is 17.0. The number of nitrogens with zero attached hydrogens (tertiary/aromatic N) is 3. The molecule has 37 heavy (non-hydrogen) atoms. The third kappa shape index (κ3) is 6.89. The normalized spacial score (nSPS) is 16.4. The summed E-state index contributed by atoms with van der Waals surface area (Å²) in [6.45, 7) is 12.4. The van der Waals surface area contributed by atoms with Crippen LogP contribution in [0.2, 0.25) is 0 Å². The predicted octanol–water partition coefficient (Wildman–Crippen LogP) is 5.14. The largest absolute Gasteiger partial charge is 0.444 e. The Morgan fingerprint density at radius 2 is 1.81 bits per heavy atom. The standard InChI is InChI=1S/C24H33FN4O6S2/c1-15-17(27-16-10-11-28(12-16)21(30)34-23(2,3)4)8-9-18(20(15)25)37(32,33)29(19-13-36-14-26-19)22(31)35-24(5,6)7/h8-9,13-14,16,27H,10-12H2,1-7H3/t16-/m0/s1. The van der Waals surface area contributed by atoms with Crippen LogP contribution in [0.3, 0.4) is 0 Å². The zero-order valence-corrected chi connectivity index (χ0v) is 23.6. The first-order valence-corrected chi connectivity index (χ1v) is 14.1. The number of aromatic nitrogens is 1. The molecule has 13 heteroatoms. The van der Waals surface area contributed by atoms with Gasteiger partial charge < -0.3 is 19.7 Å². The minimum Gasteiger partial charge on any atom is -0.444 e. The van der Waals surface area contributed by atoms with Crippen molar-refractivity contribution in [3.8, 4) is 0 Å². The summed E-state index contributed by atoms with van der Waals surface area (Å²) in [5, 5.41) is 4.55. The van der Waals surface area contributed by atoms with Crippen molar-refractivity contribution in [2.24, 2.45) is 0 Å². The number of carbonyl (C=O) groups is 2. The predicted molar refractivity (Wildman–Crippen MR) is 139 cm³/mol. The molecule has 1 aliphatic rings. The highest BCUT2D eigenvalue weighted by molar-refractivity contribution is 7.93. The van der Waals surface area contributed by atoms with Gasteiger partial charge in [-0.2, -0.15) is 0 Å². The molecule has 0 radical (unpaired) electrons. The van der Waals surface area contributed by atoms with Gasteiger partial charge in [-0.1, -0.05) is 0 Å². The van der Waals surface area contributed by atoms with E-state index < -0.39 is 44.1 Å². The number of carbonyl (C=O) groups excluding carboxylic acids is 2. The maximum atomic E-state index is 15.5. The fourth-order valence-corrected chi connectivity index (χ4v) is 5.61. The minimum atomic E-state index is -4.70. The number of rotatable bonds is 5. The van der Waals surface area contributed by atoms with E-state index in [2.05, 4.69) is 10.3 Å². The molecule has 1 aromatic heterocycles. The molecule has 2 amide bonds. The monoisotopic (exact) mass is 556 g/mol. The Morgan fingerprint density at radius 3 is 2.38 bits per heavy atom. The second-order valence-corrected chi connectivity index (χ2v) is 13.2. The van der Waals surface area contributed by atoms with Crippen LogP contribution in [0.1, 0.15) is 53.5 Å². The van der Waals surface area contributed by atoms with Crippen LogP contribution in [-0.4, -0.2) is 60.8 Å². The van der Waals surface area contributed by atoms with Gasteiger partial charge in [-0.15, -0.1) is 15.6 Å². The molecule has 0 unspecified atom stereocenters. The van der Waals surface area contributed by atoms with Crippen LogP contribution in [0.25, 0.3) is 0 Å². The first kappa shape index (κ1) is 28.6. The van der Waals surface area contributed by atoms with Gasteiger partial charge in [0.15, 0.2) is 5.82 Å². The molecular weight excluding hydrogens is 523 g/mol. The number of thiazole rings is 1. The molecule has 2 aromatic rings. The Morgan fingerprint density at radius 1 is 1.16 bits per heavy atom. The highest BCUT2D eigenvalue weighted by Gasteiger charge is 2.38. The number of amides is 2. The number of sulfonamides is 1. The summed E-state index contributed by atoms with van der Waals surface area (Å²) in [7, 11) is -4.70. The van der Waals surface area contributed by atoms with E-state index in [1.807, 2.05) is 0 Å². The van der Waals surface area contributed by atoms with Crippen molar-refractivity contribution in [2.45, 2.75) is 77.0 Å². The molecule has 3 rings (SSSR count). The molecule has 0 spiro atoms. The number of hydrogen-bond acceptors (Lipinski definition) is 9. The molecule has 1 aromatic carbocycles. The van der Waals surface area contributed by atoms with Gasteiger partial charge in [-0.25, -0.2) is 27.4 Å². The van der Waals surface area contributed by atoms with E-state index in [-0.39, 0.29) is 17.4 Å². The average molecular weight is 557 g/mol. The fourth-order valence-electron chi connectivity index (χ4n) is 3.63. The van der Waals surface area contributed by atoms with Gasteiger partial charge in [0.25, 0.3) is 10.0 Å². The van der Waals surface area contributed by atoms with Gasteiger partial charge in [0.1, 0.15) is 21.9 Å². The van der Waals surface area contributed by atoms with Crippen LogP contribution in [0, 0.1) is 12.7 Å². The maximum Gasteiger partial charge on any atom is 0.430 e. The lowest BCUT2D eigenvalue weighted by Crippen LogP contribution is -2.41. The van der Waals surface area contributed by atoms with E-state index in [4.69, 9.17) is 9.47 Å². The summed E-state index contributed by atoms with van der Waals surface area (Å²) in [5.41, 5.74) is 0.190. The van der Waals surface area contributed by atoms with Crippen molar-refractivity contribution in [1.82, 2.24) is 9.88 Å². The second kappa shape index (κ2) is 10.4. The van der Waals surface area contributed by atoms with Crippen LogP contribution in [-0.2, 0) is 19.5 Å². The number of ether oxygens (including phenoxy) is 2. The van der Waals surface area contributed by atoms with Crippen LogP contribution < -0.4 is 9.62 Å². The maximum absolute atomic E-state index is 15.5. The molecular formula is C24H33FN4O6S2. The molecule has 1 saturated heterocycles.